The van der Waals surface area contributed by atoms with Crippen LogP contribution in [0, 0.1) is 11.2 Å². The average molecular weight is 239 g/mol. The van der Waals surface area contributed by atoms with Gasteiger partial charge >= 0.3 is 0 Å². The third kappa shape index (κ3) is 3.34. The van der Waals surface area contributed by atoms with Gasteiger partial charge in [0.25, 0.3) is 0 Å². The first-order valence-corrected chi connectivity index (χ1v) is 5.38. The normalized spacial score (nSPS) is 11.1. The molecule has 0 spiro atoms. The molecule has 4 nitrogen and oxygen atoms in total. The summed E-state index contributed by atoms with van der Waals surface area (Å²) in [5.74, 6) is -0.445. The molecule has 0 atom stereocenters. The highest BCUT2D eigenvalue weighted by Gasteiger charge is 2.26. The lowest BCUT2D eigenvalue weighted by molar-refractivity contribution is -0.128. The molecular formula is C12H18FN3O. The zero-order chi connectivity index (χ0) is 13.1. The maximum Gasteiger partial charge on any atom is 0.227 e. The maximum atomic E-state index is 13.0. The van der Waals surface area contributed by atoms with E-state index in [0.717, 1.165) is 0 Å². The molecular weight excluding hydrogens is 221 g/mol. The highest BCUT2D eigenvalue weighted by molar-refractivity contribution is 5.82. The number of rotatable bonds is 4. The van der Waals surface area contributed by atoms with Gasteiger partial charge in [-0.25, -0.2) is 4.39 Å². The van der Waals surface area contributed by atoms with Gasteiger partial charge in [-0.15, -0.1) is 0 Å². The first-order chi connectivity index (χ1) is 7.86. The molecule has 0 aromatic heterocycles. The molecule has 1 amide bonds. The van der Waals surface area contributed by atoms with E-state index in [1.54, 1.807) is 20.9 Å². The van der Waals surface area contributed by atoms with Crippen LogP contribution in [0.1, 0.15) is 13.8 Å². The molecule has 1 aromatic rings. The number of benzene rings is 1. The summed E-state index contributed by atoms with van der Waals surface area (Å²) in [5.41, 5.74) is 6.07. The van der Waals surface area contributed by atoms with Gasteiger partial charge in [0.15, 0.2) is 0 Å². The minimum atomic E-state index is -0.590. The monoisotopic (exact) mass is 239 g/mol. The van der Waals surface area contributed by atoms with Gasteiger partial charge in [0.1, 0.15) is 5.82 Å². The van der Waals surface area contributed by atoms with Crippen molar-refractivity contribution < 1.29 is 9.18 Å². The molecule has 0 radical (unpaired) electrons. The zero-order valence-electron chi connectivity index (χ0n) is 10.3. The van der Waals surface area contributed by atoms with Gasteiger partial charge in [0, 0.05) is 13.6 Å². The Morgan fingerprint density at radius 3 is 2.71 bits per heavy atom. The Kier molecular flexibility index (Phi) is 3.93. The van der Waals surface area contributed by atoms with Gasteiger partial charge in [0.05, 0.1) is 16.8 Å². The zero-order valence-corrected chi connectivity index (χ0v) is 10.3. The Balaban J connectivity index is 2.73. The first kappa shape index (κ1) is 13.3. The smallest absolute Gasteiger partial charge is 0.227 e. The predicted octanol–water partition coefficient (Wildman–Crippen LogP) is 1.59. The van der Waals surface area contributed by atoms with Crippen LogP contribution in [0.2, 0.25) is 0 Å². The Morgan fingerprint density at radius 2 is 2.12 bits per heavy atom. The van der Waals surface area contributed by atoms with Crippen molar-refractivity contribution in [2.24, 2.45) is 5.41 Å². The molecule has 17 heavy (non-hydrogen) atoms. The van der Waals surface area contributed by atoms with Gasteiger partial charge in [0.2, 0.25) is 5.91 Å². The lowest BCUT2D eigenvalue weighted by Gasteiger charge is -2.23. The lowest BCUT2D eigenvalue weighted by Crippen LogP contribution is -2.39. The molecule has 0 saturated carbocycles. The lowest BCUT2D eigenvalue weighted by atomic mass is 9.92. The standard InChI is InChI=1S/C12H18FN3O/c1-12(2,11(17)15-3)7-16-10-6-8(13)4-5-9(10)14/h4-6,16H,7,14H2,1-3H3,(H,15,17). The molecule has 0 aliphatic rings. The summed E-state index contributed by atoms with van der Waals surface area (Å²) in [4.78, 5) is 11.6. The summed E-state index contributed by atoms with van der Waals surface area (Å²) in [7, 11) is 1.58. The van der Waals surface area contributed by atoms with Crippen LogP contribution >= 0.6 is 0 Å². The molecule has 0 aliphatic heterocycles. The van der Waals surface area contributed by atoms with E-state index in [-0.39, 0.29) is 11.7 Å². The second kappa shape index (κ2) is 5.03. The SMILES string of the molecule is CNC(=O)C(C)(C)CNc1cc(F)ccc1N. The van der Waals surface area contributed by atoms with Crippen LogP contribution in [0.15, 0.2) is 18.2 Å². The number of carbonyl (C=O) groups is 1. The number of amides is 1. The van der Waals surface area contributed by atoms with Crippen LogP contribution in [-0.4, -0.2) is 19.5 Å². The molecule has 0 aliphatic carbocycles. The van der Waals surface area contributed by atoms with Gasteiger partial charge < -0.3 is 16.4 Å². The summed E-state index contributed by atoms with van der Waals surface area (Å²) < 4.78 is 13.0. The summed E-state index contributed by atoms with van der Waals surface area (Å²) in [6.07, 6.45) is 0. The predicted molar refractivity (Wildman–Crippen MR) is 67.1 cm³/mol. The quantitative estimate of drug-likeness (QED) is 0.699. The van der Waals surface area contributed by atoms with Crippen LogP contribution < -0.4 is 16.4 Å². The van der Waals surface area contributed by atoms with Crippen LogP contribution in [0.25, 0.3) is 0 Å². The summed E-state index contributed by atoms with van der Waals surface area (Å²) in [5, 5.41) is 5.57. The molecule has 94 valence electrons. The number of nitrogens with two attached hydrogens (primary N) is 1. The summed E-state index contributed by atoms with van der Waals surface area (Å²) in [6.45, 7) is 3.98. The largest absolute Gasteiger partial charge is 0.397 e. The molecule has 0 fully saturated rings. The molecule has 1 aromatic carbocycles. The third-order valence-corrected chi connectivity index (χ3v) is 2.58. The van der Waals surface area contributed by atoms with E-state index in [9.17, 15) is 9.18 Å². The van der Waals surface area contributed by atoms with E-state index in [4.69, 9.17) is 5.73 Å². The number of anilines is 2. The molecule has 0 unspecified atom stereocenters. The maximum absolute atomic E-state index is 13.0. The van der Waals surface area contributed by atoms with Crippen molar-refractivity contribution >= 4 is 17.3 Å². The van der Waals surface area contributed by atoms with Crippen molar-refractivity contribution in [3.05, 3.63) is 24.0 Å². The van der Waals surface area contributed by atoms with Crippen LogP contribution in [0.5, 0.6) is 0 Å². The Labute approximate surface area is 100 Å². The van der Waals surface area contributed by atoms with Crippen molar-refractivity contribution in [3.63, 3.8) is 0 Å². The molecule has 4 N–H and O–H groups in total. The molecule has 0 heterocycles. The van der Waals surface area contributed by atoms with E-state index < -0.39 is 5.41 Å². The van der Waals surface area contributed by atoms with Gasteiger partial charge in [-0.3, -0.25) is 4.79 Å². The first-order valence-electron chi connectivity index (χ1n) is 5.38. The third-order valence-electron chi connectivity index (χ3n) is 2.58. The fourth-order valence-electron chi connectivity index (χ4n) is 1.42. The average Bonchev–Trinajstić information content (AvgIpc) is 2.29. The minimum absolute atomic E-state index is 0.0834. The molecule has 5 heteroatoms. The number of carbonyl (C=O) groups excluding carboxylic acids is 1. The Bertz CT molecular complexity index is 418. The molecule has 1 rings (SSSR count). The van der Waals surface area contributed by atoms with Crippen LogP contribution in [0.4, 0.5) is 15.8 Å². The van der Waals surface area contributed by atoms with Crippen molar-refractivity contribution in [3.8, 4) is 0 Å². The molecule has 0 saturated heterocycles. The number of hydrogen-bond acceptors (Lipinski definition) is 3. The van der Waals surface area contributed by atoms with Gasteiger partial charge in [-0.05, 0) is 32.0 Å². The van der Waals surface area contributed by atoms with Crippen molar-refractivity contribution in [2.75, 3.05) is 24.6 Å². The van der Waals surface area contributed by atoms with Gasteiger partial charge in [-0.1, -0.05) is 0 Å². The van der Waals surface area contributed by atoms with Gasteiger partial charge in [-0.2, -0.15) is 0 Å². The second-order valence-electron chi connectivity index (χ2n) is 4.55. The minimum Gasteiger partial charge on any atom is -0.397 e. The van der Waals surface area contributed by atoms with E-state index in [0.29, 0.717) is 17.9 Å². The fourth-order valence-corrected chi connectivity index (χ4v) is 1.42. The van der Waals surface area contributed by atoms with Crippen molar-refractivity contribution in [2.45, 2.75) is 13.8 Å². The van der Waals surface area contributed by atoms with E-state index >= 15 is 0 Å². The van der Waals surface area contributed by atoms with E-state index in [1.165, 1.54) is 18.2 Å². The fraction of sp³-hybridized carbons (Fsp3) is 0.417. The van der Waals surface area contributed by atoms with Crippen LogP contribution in [0.3, 0.4) is 0 Å². The highest BCUT2D eigenvalue weighted by Crippen LogP contribution is 2.22. The van der Waals surface area contributed by atoms with E-state index in [1.807, 2.05) is 0 Å². The summed E-state index contributed by atoms with van der Waals surface area (Å²) in [6, 6.07) is 4.10. The van der Waals surface area contributed by atoms with E-state index in [2.05, 4.69) is 10.6 Å². The topological polar surface area (TPSA) is 67.2 Å². The number of halogens is 1. The summed E-state index contributed by atoms with van der Waals surface area (Å²) >= 11 is 0. The van der Waals surface area contributed by atoms with Crippen LogP contribution in [-0.2, 0) is 4.79 Å². The second-order valence-corrected chi connectivity index (χ2v) is 4.55. The molecule has 0 bridgehead atoms. The number of nitrogen functional groups attached to an aromatic ring is 1. The number of nitrogens with one attached hydrogen (secondary N) is 2. The highest BCUT2D eigenvalue weighted by atomic mass is 19.1. The Morgan fingerprint density at radius 1 is 1.47 bits per heavy atom. The number of hydrogen-bond donors (Lipinski definition) is 3. The van der Waals surface area contributed by atoms with Crippen molar-refractivity contribution in [1.29, 1.82) is 0 Å². The Hall–Kier alpha value is -1.78. The van der Waals surface area contributed by atoms with Crippen molar-refractivity contribution in [1.82, 2.24) is 5.32 Å².